The molecule has 82 valence electrons. The molecule has 0 amide bonds. The van der Waals surface area contributed by atoms with Crippen molar-refractivity contribution >= 4 is 11.8 Å². The Balaban J connectivity index is 2.87. The van der Waals surface area contributed by atoms with Gasteiger partial charge in [0.05, 0.1) is 13.7 Å². The Bertz CT molecular complexity index is 343. The number of aliphatic hydroxyl groups is 1. The Morgan fingerprint density at radius 3 is 3.00 bits per heavy atom. The van der Waals surface area contributed by atoms with Crippen LogP contribution in [0.3, 0.4) is 0 Å². The first-order valence-corrected chi connectivity index (χ1v) is 4.42. The number of carbonyl (C=O) groups excluding carboxylic acids is 1. The van der Waals surface area contributed by atoms with Gasteiger partial charge < -0.3 is 14.7 Å². The van der Waals surface area contributed by atoms with Crippen molar-refractivity contribution in [3.8, 4) is 0 Å². The second-order valence-corrected chi connectivity index (χ2v) is 2.88. The fourth-order valence-electron chi connectivity index (χ4n) is 1.02. The number of aliphatic hydroxyl groups excluding tert-OH is 1. The quantitative estimate of drug-likeness (QED) is 0.689. The number of aromatic nitrogens is 2. The molecule has 6 heteroatoms. The van der Waals surface area contributed by atoms with E-state index < -0.39 is 5.97 Å². The van der Waals surface area contributed by atoms with Crippen LogP contribution in [0.15, 0.2) is 12.3 Å². The normalized spacial score (nSPS) is 9.80. The largest absolute Gasteiger partial charge is 0.463 e. The summed E-state index contributed by atoms with van der Waals surface area (Å²) in [4.78, 5) is 20.6. The van der Waals surface area contributed by atoms with Crippen molar-refractivity contribution in [1.82, 2.24) is 9.97 Å². The molecule has 0 aliphatic heterocycles. The molecule has 0 radical (unpaired) electrons. The summed E-state index contributed by atoms with van der Waals surface area (Å²) < 4.78 is 4.50. The van der Waals surface area contributed by atoms with Crippen LogP contribution in [0.4, 0.5) is 5.82 Å². The Hall–Kier alpha value is -1.69. The van der Waals surface area contributed by atoms with E-state index in [0.29, 0.717) is 12.4 Å². The third-order valence-corrected chi connectivity index (χ3v) is 1.84. The highest BCUT2D eigenvalue weighted by molar-refractivity contribution is 5.85. The Kier molecular flexibility index (Phi) is 3.99. The number of carbonyl (C=O) groups is 1. The smallest absolute Gasteiger partial charge is 0.376 e. The van der Waals surface area contributed by atoms with Crippen molar-refractivity contribution in [2.24, 2.45) is 0 Å². The maximum atomic E-state index is 11.1. The van der Waals surface area contributed by atoms with E-state index in [1.165, 1.54) is 13.3 Å². The maximum Gasteiger partial charge on any atom is 0.376 e. The molecule has 0 unspecified atom stereocenters. The number of hydrogen-bond acceptors (Lipinski definition) is 6. The lowest BCUT2D eigenvalue weighted by molar-refractivity contribution is 0.0587. The zero-order valence-electron chi connectivity index (χ0n) is 8.67. The third kappa shape index (κ3) is 2.88. The molecule has 0 saturated heterocycles. The van der Waals surface area contributed by atoms with Gasteiger partial charge in [-0.2, -0.15) is 0 Å². The lowest BCUT2D eigenvalue weighted by atomic mass is 10.4. The predicted molar refractivity (Wildman–Crippen MR) is 53.7 cm³/mol. The molecule has 0 bridgehead atoms. The van der Waals surface area contributed by atoms with Crippen LogP contribution >= 0.6 is 0 Å². The van der Waals surface area contributed by atoms with E-state index in [1.54, 1.807) is 18.0 Å². The topological polar surface area (TPSA) is 75.5 Å². The fraction of sp³-hybridized carbons (Fsp3) is 0.444. The number of rotatable bonds is 4. The first-order chi connectivity index (χ1) is 7.19. The van der Waals surface area contributed by atoms with Gasteiger partial charge in [-0.1, -0.05) is 0 Å². The van der Waals surface area contributed by atoms with E-state index in [1.807, 2.05) is 0 Å². The summed E-state index contributed by atoms with van der Waals surface area (Å²) in [5.41, 5.74) is 0. The Labute approximate surface area is 87.5 Å². The first-order valence-electron chi connectivity index (χ1n) is 4.42. The SMILES string of the molecule is COC(=O)c1nccc(N(C)CCO)n1. The van der Waals surface area contributed by atoms with E-state index in [0.717, 1.165) is 0 Å². The minimum Gasteiger partial charge on any atom is -0.463 e. The fourth-order valence-corrected chi connectivity index (χ4v) is 1.02. The number of esters is 1. The van der Waals surface area contributed by atoms with Gasteiger partial charge in [0.1, 0.15) is 5.82 Å². The van der Waals surface area contributed by atoms with E-state index in [-0.39, 0.29) is 12.4 Å². The van der Waals surface area contributed by atoms with Gasteiger partial charge in [0.25, 0.3) is 0 Å². The molecular formula is C9H13N3O3. The molecule has 1 aromatic rings. The molecule has 1 aromatic heterocycles. The molecular weight excluding hydrogens is 198 g/mol. The lowest BCUT2D eigenvalue weighted by Crippen LogP contribution is -2.23. The van der Waals surface area contributed by atoms with Gasteiger partial charge >= 0.3 is 5.97 Å². The van der Waals surface area contributed by atoms with E-state index in [4.69, 9.17) is 5.11 Å². The van der Waals surface area contributed by atoms with Gasteiger partial charge in [-0.3, -0.25) is 0 Å². The average molecular weight is 211 g/mol. The van der Waals surface area contributed by atoms with Crippen LogP contribution in [0.5, 0.6) is 0 Å². The van der Waals surface area contributed by atoms with Crippen molar-refractivity contribution in [3.63, 3.8) is 0 Å². The highest BCUT2D eigenvalue weighted by Crippen LogP contribution is 2.07. The summed E-state index contributed by atoms with van der Waals surface area (Å²) in [6.07, 6.45) is 1.47. The summed E-state index contributed by atoms with van der Waals surface area (Å²) in [6, 6.07) is 1.65. The van der Waals surface area contributed by atoms with Gasteiger partial charge in [-0.15, -0.1) is 0 Å². The minimum atomic E-state index is -0.575. The molecule has 1 rings (SSSR count). The molecule has 0 aliphatic carbocycles. The molecule has 0 spiro atoms. The Morgan fingerprint density at radius 1 is 1.67 bits per heavy atom. The summed E-state index contributed by atoms with van der Waals surface area (Å²) in [5.74, 6) is 0.00786. The minimum absolute atomic E-state index is 0.0137. The standard InChI is InChI=1S/C9H13N3O3/c1-12(5-6-13)7-3-4-10-8(11-7)9(14)15-2/h3-4,13H,5-6H2,1-2H3. The summed E-state index contributed by atoms with van der Waals surface area (Å²) in [6.45, 7) is 0.464. The highest BCUT2D eigenvalue weighted by atomic mass is 16.5. The first kappa shape index (κ1) is 11.4. The summed E-state index contributed by atoms with van der Waals surface area (Å²) in [7, 11) is 3.04. The molecule has 1 N–H and O–H groups in total. The number of methoxy groups -OCH3 is 1. The molecule has 1 heterocycles. The second-order valence-electron chi connectivity index (χ2n) is 2.88. The second kappa shape index (κ2) is 5.26. The molecule has 0 atom stereocenters. The number of ether oxygens (including phenoxy) is 1. The van der Waals surface area contributed by atoms with Crippen LogP contribution in [-0.2, 0) is 4.74 Å². The van der Waals surface area contributed by atoms with Crippen LogP contribution in [0.25, 0.3) is 0 Å². The van der Waals surface area contributed by atoms with Crippen LogP contribution < -0.4 is 4.90 Å². The van der Waals surface area contributed by atoms with E-state index in [2.05, 4.69) is 14.7 Å². The van der Waals surface area contributed by atoms with Crippen LogP contribution in [0, 0.1) is 0 Å². The van der Waals surface area contributed by atoms with Crippen molar-refractivity contribution in [2.75, 3.05) is 32.2 Å². The summed E-state index contributed by atoms with van der Waals surface area (Å²) in [5, 5.41) is 8.75. The number of anilines is 1. The lowest BCUT2D eigenvalue weighted by Gasteiger charge is -2.16. The maximum absolute atomic E-state index is 11.1. The van der Waals surface area contributed by atoms with Gasteiger partial charge in [-0.25, -0.2) is 14.8 Å². The van der Waals surface area contributed by atoms with Crippen LogP contribution in [0.1, 0.15) is 10.6 Å². The van der Waals surface area contributed by atoms with Gasteiger partial charge in [0.15, 0.2) is 0 Å². The molecule has 0 aliphatic rings. The van der Waals surface area contributed by atoms with Crippen molar-refractivity contribution in [1.29, 1.82) is 0 Å². The summed E-state index contributed by atoms with van der Waals surface area (Å²) >= 11 is 0. The van der Waals surface area contributed by atoms with E-state index in [9.17, 15) is 4.79 Å². The van der Waals surface area contributed by atoms with Crippen molar-refractivity contribution in [2.45, 2.75) is 0 Å². The van der Waals surface area contributed by atoms with Crippen molar-refractivity contribution in [3.05, 3.63) is 18.1 Å². The molecule has 6 nitrogen and oxygen atoms in total. The van der Waals surface area contributed by atoms with Crippen LogP contribution in [0.2, 0.25) is 0 Å². The highest BCUT2D eigenvalue weighted by Gasteiger charge is 2.10. The molecule has 0 aromatic carbocycles. The third-order valence-electron chi connectivity index (χ3n) is 1.84. The molecule has 0 fully saturated rings. The van der Waals surface area contributed by atoms with E-state index >= 15 is 0 Å². The monoisotopic (exact) mass is 211 g/mol. The zero-order chi connectivity index (χ0) is 11.3. The Morgan fingerprint density at radius 2 is 2.40 bits per heavy atom. The zero-order valence-corrected chi connectivity index (χ0v) is 8.67. The van der Waals surface area contributed by atoms with Crippen molar-refractivity contribution < 1.29 is 14.6 Å². The van der Waals surface area contributed by atoms with Gasteiger partial charge in [0.2, 0.25) is 5.82 Å². The molecule has 0 saturated carbocycles. The number of nitrogens with zero attached hydrogens (tertiary/aromatic N) is 3. The molecule has 15 heavy (non-hydrogen) atoms. The number of likely N-dealkylation sites (N-methyl/N-ethyl adjacent to an activating group) is 1. The van der Waals surface area contributed by atoms with Crippen LogP contribution in [-0.4, -0.2) is 48.4 Å². The number of hydrogen-bond donors (Lipinski definition) is 1. The van der Waals surface area contributed by atoms with Gasteiger partial charge in [-0.05, 0) is 6.07 Å². The van der Waals surface area contributed by atoms with Gasteiger partial charge in [0, 0.05) is 19.8 Å². The average Bonchev–Trinajstić information content (AvgIpc) is 2.28. The predicted octanol–water partition coefficient (Wildman–Crippen LogP) is -0.308.